The molecule has 0 aromatic heterocycles. The molecule has 112 heavy (non-hydrogen) atoms. The van der Waals surface area contributed by atoms with Crippen LogP contribution in [0.4, 0.5) is 0 Å². The summed E-state index contributed by atoms with van der Waals surface area (Å²) in [6.07, 6.45) is 1.50. The topological polar surface area (TPSA) is 291 Å². The lowest BCUT2D eigenvalue weighted by molar-refractivity contribution is -0.123. The number of amides is 3. The van der Waals surface area contributed by atoms with E-state index in [2.05, 4.69) is 44.8 Å². The van der Waals surface area contributed by atoms with Gasteiger partial charge < -0.3 is 59.1 Å². The van der Waals surface area contributed by atoms with Crippen LogP contribution in [0.2, 0.25) is 30.1 Å². The number of sulfonamides is 3. The standard InChI is InChI=1S/C79H103Cl6N9O15S3/c1-54(2)79(18-15-76(95)86-21-27-104-33-36-107-30-24-89-110(98,99)61-12-6-9-55(39-61)67-48-92(3)51-70-64(67)42-58(80)45-73(70)83,19-16-77(96)87-22-28-105-34-37-108-31-25-90-111(100,101)62-13-7-10-56(40-62)68-49-93(4)52-71-65(68)43-59(81)46-74(71)84)20-17-78(97)88-23-29-106-35-38-109-32-26-91-112(102,103)63-14-8-11-57(41-63)69-50-94(5)53-72-66(69)44-60(82)47-75(72)85/h6-14,39-47,54,67-69,89-91H,15-38,48-53H2,1-5H3,(H,86,95)(H,87,96)(H,88,97)/t67-,68-,69-/m0/s1. The predicted octanol–water partition coefficient (Wildman–Crippen LogP) is 11.0. The molecule has 0 bridgehead atoms. The minimum atomic E-state index is -3.87. The third kappa shape index (κ3) is 26.9. The van der Waals surface area contributed by atoms with Gasteiger partial charge in [0.1, 0.15) is 0 Å². The molecule has 0 radical (unpaired) electrons. The van der Waals surface area contributed by atoms with Gasteiger partial charge in [-0.3, -0.25) is 14.4 Å². The molecular weight excluding hydrogens is 1620 g/mol. The molecule has 6 aromatic carbocycles. The van der Waals surface area contributed by atoms with Gasteiger partial charge in [0, 0.05) is 146 Å². The zero-order valence-electron chi connectivity index (χ0n) is 63.9. The molecule has 0 aliphatic carbocycles. The van der Waals surface area contributed by atoms with E-state index in [0.717, 1.165) is 50.1 Å². The second-order valence-corrected chi connectivity index (χ2v) is 36.6. The number of fused-ring (bicyclic) bond motifs is 3. The van der Waals surface area contributed by atoms with Crippen molar-refractivity contribution in [1.82, 2.24) is 44.8 Å². The van der Waals surface area contributed by atoms with Crippen LogP contribution < -0.4 is 30.1 Å². The number of nitrogens with zero attached hydrogens (tertiary/aromatic N) is 3. The molecule has 0 saturated heterocycles. The Bertz CT molecular complexity index is 4080. The summed E-state index contributed by atoms with van der Waals surface area (Å²) in [5.41, 5.74) is 7.68. The van der Waals surface area contributed by atoms with Gasteiger partial charge >= 0.3 is 0 Å². The lowest BCUT2D eigenvalue weighted by Crippen LogP contribution is -2.36. The van der Waals surface area contributed by atoms with Crippen LogP contribution in [0.1, 0.15) is 120 Å². The van der Waals surface area contributed by atoms with Crippen LogP contribution in [0.3, 0.4) is 0 Å². The van der Waals surface area contributed by atoms with Gasteiger partial charge in [0.05, 0.1) is 94.0 Å². The van der Waals surface area contributed by atoms with E-state index in [4.69, 9.17) is 98.0 Å². The van der Waals surface area contributed by atoms with Crippen molar-refractivity contribution in [3.8, 4) is 0 Å². The van der Waals surface area contributed by atoms with E-state index in [-0.39, 0.29) is 194 Å². The highest BCUT2D eigenvalue weighted by Gasteiger charge is 2.36. The Kier molecular flexibility index (Phi) is 35.5. The lowest BCUT2D eigenvalue weighted by atomic mass is 9.67. The first-order chi connectivity index (χ1) is 53.5. The largest absolute Gasteiger partial charge is 0.378 e. The molecule has 9 rings (SSSR count). The van der Waals surface area contributed by atoms with Gasteiger partial charge in [-0.2, -0.15) is 0 Å². The average molecular weight is 1730 g/mol. The second-order valence-electron chi connectivity index (χ2n) is 28.8. The lowest BCUT2D eigenvalue weighted by Gasteiger charge is -2.38. The number of halogens is 6. The molecule has 6 N–H and O–H groups in total. The van der Waals surface area contributed by atoms with E-state index in [1.54, 1.807) is 72.8 Å². The van der Waals surface area contributed by atoms with Crippen molar-refractivity contribution in [1.29, 1.82) is 0 Å². The van der Waals surface area contributed by atoms with Crippen molar-refractivity contribution >= 4 is 117 Å². The molecule has 0 saturated carbocycles. The van der Waals surface area contributed by atoms with Crippen molar-refractivity contribution < 1.29 is 68.1 Å². The first-order valence-corrected chi connectivity index (χ1v) is 44.3. The highest BCUT2D eigenvalue weighted by Crippen LogP contribution is 2.45. The number of nitrogens with one attached hydrogen (secondary N) is 6. The molecule has 3 heterocycles. The average Bonchev–Trinajstić information content (AvgIpc) is 0.781. The minimum Gasteiger partial charge on any atom is -0.378 e. The van der Waals surface area contributed by atoms with Crippen molar-refractivity contribution in [2.24, 2.45) is 11.3 Å². The number of hydrogen-bond acceptors (Lipinski definition) is 18. The van der Waals surface area contributed by atoms with Crippen LogP contribution in [0.5, 0.6) is 0 Å². The summed E-state index contributed by atoms with van der Waals surface area (Å²) in [4.78, 5) is 47.1. The number of ether oxygens (including phenoxy) is 6. The molecule has 6 aromatic rings. The number of benzene rings is 6. The quantitative estimate of drug-likeness (QED) is 0.0194. The minimum absolute atomic E-state index is 0.0281. The maximum Gasteiger partial charge on any atom is 0.240 e. The third-order valence-corrected chi connectivity index (χ3v) is 26.4. The van der Waals surface area contributed by atoms with E-state index in [9.17, 15) is 39.6 Å². The first kappa shape index (κ1) is 90.8. The van der Waals surface area contributed by atoms with Crippen molar-refractivity contribution in [3.63, 3.8) is 0 Å². The number of carbonyl (C=O) groups excluding carboxylic acids is 3. The zero-order chi connectivity index (χ0) is 80.6. The second kappa shape index (κ2) is 43.9. The van der Waals surface area contributed by atoms with Crippen molar-refractivity contribution in [3.05, 3.63) is 189 Å². The van der Waals surface area contributed by atoms with Gasteiger partial charge in [-0.05, 0) is 175 Å². The van der Waals surface area contributed by atoms with Crippen molar-refractivity contribution in [2.45, 2.75) is 104 Å². The normalized spacial score (nSPS) is 16.4. The van der Waals surface area contributed by atoms with E-state index < -0.39 is 35.5 Å². The highest BCUT2D eigenvalue weighted by atomic mass is 35.5. The number of likely N-dealkylation sites (N-methyl/N-ethyl adjacent to an activating group) is 3. The Morgan fingerprint density at radius 3 is 0.911 bits per heavy atom. The molecule has 0 unspecified atom stereocenters. The van der Waals surface area contributed by atoms with Gasteiger partial charge in [-0.15, -0.1) is 0 Å². The molecule has 614 valence electrons. The summed E-state index contributed by atoms with van der Waals surface area (Å²) in [7, 11) is -5.65. The van der Waals surface area contributed by atoms with Crippen LogP contribution >= 0.6 is 69.6 Å². The van der Waals surface area contributed by atoms with E-state index in [1.165, 1.54) is 0 Å². The van der Waals surface area contributed by atoms with Crippen molar-refractivity contribution in [2.75, 3.05) is 159 Å². The van der Waals surface area contributed by atoms with E-state index in [1.807, 2.05) is 71.4 Å². The smallest absolute Gasteiger partial charge is 0.240 e. The molecule has 0 fully saturated rings. The Hall–Kier alpha value is -5.16. The Morgan fingerprint density at radius 2 is 0.652 bits per heavy atom. The summed E-state index contributed by atoms with van der Waals surface area (Å²) in [5, 5.41) is 12.0. The van der Waals surface area contributed by atoms with E-state index in [0.29, 0.717) is 88.7 Å². The Labute approximate surface area is 689 Å². The van der Waals surface area contributed by atoms with Gasteiger partial charge in [-0.25, -0.2) is 39.4 Å². The fourth-order valence-corrected chi connectivity index (χ4v) is 19.3. The highest BCUT2D eigenvalue weighted by molar-refractivity contribution is 7.90. The van der Waals surface area contributed by atoms with Crippen LogP contribution in [0, 0.1) is 11.3 Å². The van der Waals surface area contributed by atoms with Crippen LogP contribution in [-0.2, 0) is 92.5 Å². The predicted molar refractivity (Wildman–Crippen MR) is 438 cm³/mol. The van der Waals surface area contributed by atoms with Crippen LogP contribution in [0.15, 0.2) is 124 Å². The van der Waals surface area contributed by atoms with Gasteiger partial charge in [0.15, 0.2) is 0 Å². The number of rotatable bonds is 46. The fourth-order valence-electron chi connectivity index (χ4n) is 14.4. The van der Waals surface area contributed by atoms with Crippen LogP contribution in [0.25, 0.3) is 0 Å². The van der Waals surface area contributed by atoms with Gasteiger partial charge in [0.2, 0.25) is 47.8 Å². The molecular formula is C79H103Cl6N9O15S3. The molecule has 3 amide bonds. The third-order valence-electron chi connectivity index (χ3n) is 20.4. The molecule has 24 nitrogen and oxygen atoms in total. The molecule has 3 atom stereocenters. The SMILES string of the molecule is CC(C)C(CCC(=O)NCCOCCOCCNS(=O)(=O)c1cccc([C@@H]2CN(C)Cc3c(Cl)cc(Cl)cc32)c1)(CCC(=O)NCCOCCOCCNS(=O)(=O)c1cccc([C@@H]2CN(C)Cc3c(Cl)cc(Cl)cc32)c1)CCC(=O)NCCOCCOCCNS(=O)(=O)c1cccc([C@@H]2CN(C)Cc3c(Cl)cc(Cl)cc32)c1. The van der Waals surface area contributed by atoms with E-state index >= 15 is 0 Å². The first-order valence-electron chi connectivity index (χ1n) is 37.6. The number of carbonyl (C=O) groups is 3. The fraction of sp³-hybridized carbons (Fsp3) is 0.506. The maximum absolute atomic E-state index is 13.4. The summed E-state index contributed by atoms with van der Waals surface area (Å²) in [5.74, 6) is -1.13. The summed E-state index contributed by atoms with van der Waals surface area (Å²) in [6, 6.07) is 31.4. The molecule has 3 aliphatic heterocycles. The zero-order valence-corrected chi connectivity index (χ0v) is 70.9. The summed E-state index contributed by atoms with van der Waals surface area (Å²) < 4.78 is 122. The summed E-state index contributed by atoms with van der Waals surface area (Å²) in [6.45, 7) is 10.7. The van der Waals surface area contributed by atoms with Crippen LogP contribution in [-0.4, -0.2) is 217 Å². The molecule has 33 heteroatoms. The Morgan fingerprint density at radius 1 is 0.393 bits per heavy atom. The molecule has 3 aliphatic rings. The Balaban J connectivity index is 0.668. The van der Waals surface area contributed by atoms with Gasteiger partial charge in [0.25, 0.3) is 0 Å². The monoisotopic (exact) mass is 1720 g/mol. The molecule has 0 spiro atoms. The summed E-state index contributed by atoms with van der Waals surface area (Å²) >= 11 is 38.9. The van der Waals surface area contributed by atoms with Gasteiger partial charge in [-0.1, -0.05) is 120 Å². The number of hydrogen-bond donors (Lipinski definition) is 6. The maximum atomic E-state index is 13.4.